The molecule has 5 nitrogen and oxygen atoms in total. The first-order valence-corrected chi connectivity index (χ1v) is 7.73. The van der Waals surface area contributed by atoms with Gasteiger partial charge in [-0.25, -0.2) is 5.43 Å². The minimum absolute atomic E-state index is 0.105. The lowest BCUT2D eigenvalue weighted by Gasteiger charge is -2.08. The lowest BCUT2D eigenvalue weighted by atomic mass is 10.2. The van der Waals surface area contributed by atoms with Gasteiger partial charge in [0.1, 0.15) is 0 Å². The summed E-state index contributed by atoms with van der Waals surface area (Å²) < 4.78 is 6.00. The Morgan fingerprint density at radius 3 is 2.77 bits per heavy atom. The first kappa shape index (κ1) is 16.3. The van der Waals surface area contributed by atoms with Crippen molar-refractivity contribution in [2.24, 2.45) is 5.10 Å². The number of hydrazone groups is 1. The van der Waals surface area contributed by atoms with Crippen LogP contribution in [0, 0.1) is 3.57 Å². The Kier molecular flexibility index (Phi) is 5.76. The number of amides is 1. The Morgan fingerprint density at radius 2 is 2.09 bits per heavy atom. The molecule has 0 spiro atoms. The molecule has 0 bridgehead atoms. The van der Waals surface area contributed by atoms with Crippen molar-refractivity contribution in [1.29, 1.82) is 0 Å². The van der Waals surface area contributed by atoms with Crippen LogP contribution in [0.25, 0.3) is 0 Å². The van der Waals surface area contributed by atoms with Gasteiger partial charge in [-0.05, 0) is 59.3 Å². The van der Waals surface area contributed by atoms with Crippen LogP contribution in [0.3, 0.4) is 0 Å². The quantitative estimate of drug-likeness (QED) is 0.452. The number of carbonyl (C=O) groups is 1. The van der Waals surface area contributed by atoms with E-state index in [0.717, 1.165) is 5.56 Å². The van der Waals surface area contributed by atoms with E-state index in [-0.39, 0.29) is 11.7 Å². The summed E-state index contributed by atoms with van der Waals surface area (Å²) in [5.74, 6) is 0.216. The first-order chi connectivity index (χ1) is 10.6. The van der Waals surface area contributed by atoms with E-state index in [0.29, 0.717) is 21.5 Å². The van der Waals surface area contributed by atoms with Gasteiger partial charge in [-0.15, -0.1) is 0 Å². The molecule has 1 amide bonds. The number of aromatic hydroxyl groups is 1. The van der Waals surface area contributed by atoms with E-state index in [9.17, 15) is 9.90 Å². The molecule has 0 radical (unpaired) electrons. The number of phenolic OH excluding ortho intramolecular Hbond substituents is 1. The molecule has 0 atom stereocenters. The summed E-state index contributed by atoms with van der Waals surface area (Å²) in [6.07, 6.45) is 1.50. The van der Waals surface area contributed by atoms with Gasteiger partial charge in [0.15, 0.2) is 11.5 Å². The van der Waals surface area contributed by atoms with Crippen LogP contribution in [-0.2, 0) is 0 Å². The van der Waals surface area contributed by atoms with Crippen molar-refractivity contribution in [3.05, 3.63) is 57.2 Å². The van der Waals surface area contributed by atoms with Crippen LogP contribution in [0.4, 0.5) is 0 Å². The second-order valence-corrected chi connectivity index (χ2v) is 5.51. The Hall–Kier alpha value is -2.09. The molecule has 22 heavy (non-hydrogen) atoms. The fourth-order valence-electron chi connectivity index (χ4n) is 1.75. The van der Waals surface area contributed by atoms with Gasteiger partial charge in [0.05, 0.1) is 16.4 Å². The van der Waals surface area contributed by atoms with E-state index < -0.39 is 0 Å². The van der Waals surface area contributed by atoms with Crippen molar-refractivity contribution in [2.45, 2.75) is 6.92 Å². The van der Waals surface area contributed by atoms with E-state index >= 15 is 0 Å². The number of ether oxygens (including phenoxy) is 1. The summed E-state index contributed by atoms with van der Waals surface area (Å²) >= 11 is 2.01. The van der Waals surface area contributed by atoms with Crippen molar-refractivity contribution < 1.29 is 14.6 Å². The van der Waals surface area contributed by atoms with Crippen LogP contribution in [0.5, 0.6) is 11.5 Å². The second kappa shape index (κ2) is 7.79. The Bertz CT molecular complexity index is 687. The van der Waals surface area contributed by atoms with Gasteiger partial charge in [0.25, 0.3) is 5.91 Å². The van der Waals surface area contributed by atoms with Crippen molar-refractivity contribution in [2.75, 3.05) is 6.61 Å². The van der Waals surface area contributed by atoms with Gasteiger partial charge in [0, 0.05) is 5.56 Å². The largest absolute Gasteiger partial charge is 0.504 e. The van der Waals surface area contributed by atoms with E-state index in [2.05, 4.69) is 10.5 Å². The van der Waals surface area contributed by atoms with Gasteiger partial charge in [-0.2, -0.15) is 5.10 Å². The minimum Gasteiger partial charge on any atom is -0.504 e. The molecule has 2 aromatic carbocycles. The van der Waals surface area contributed by atoms with Gasteiger partial charge in [0.2, 0.25) is 0 Å². The lowest BCUT2D eigenvalue weighted by Crippen LogP contribution is -2.17. The molecular formula is C16H15IN2O3. The maximum atomic E-state index is 11.8. The van der Waals surface area contributed by atoms with E-state index in [1.165, 1.54) is 6.21 Å². The minimum atomic E-state index is -0.282. The van der Waals surface area contributed by atoms with Crippen LogP contribution in [0.2, 0.25) is 0 Å². The van der Waals surface area contributed by atoms with Crippen LogP contribution in [-0.4, -0.2) is 23.8 Å². The number of halogens is 1. The highest BCUT2D eigenvalue weighted by molar-refractivity contribution is 14.1. The van der Waals surface area contributed by atoms with Gasteiger partial charge < -0.3 is 9.84 Å². The van der Waals surface area contributed by atoms with Gasteiger partial charge in [-0.3, -0.25) is 4.79 Å². The third kappa shape index (κ3) is 4.20. The molecule has 2 aromatic rings. The van der Waals surface area contributed by atoms with Crippen molar-refractivity contribution >= 4 is 34.7 Å². The molecule has 0 heterocycles. The fourth-order valence-corrected chi connectivity index (χ4v) is 2.38. The van der Waals surface area contributed by atoms with Crippen molar-refractivity contribution in [3.8, 4) is 11.5 Å². The SMILES string of the molecule is CCOc1cc(C=NNC(=O)c2ccccc2)cc(I)c1O. The molecule has 114 valence electrons. The average Bonchev–Trinajstić information content (AvgIpc) is 2.53. The number of hydrogen-bond donors (Lipinski definition) is 2. The highest BCUT2D eigenvalue weighted by atomic mass is 127. The predicted octanol–water partition coefficient (Wildman–Crippen LogP) is 3.16. The topological polar surface area (TPSA) is 70.9 Å². The number of phenols is 1. The van der Waals surface area contributed by atoms with Gasteiger partial charge in [-0.1, -0.05) is 18.2 Å². The zero-order valence-corrected chi connectivity index (χ0v) is 14.1. The van der Waals surface area contributed by atoms with Crippen LogP contribution >= 0.6 is 22.6 Å². The number of rotatable bonds is 5. The third-order valence-corrected chi connectivity index (χ3v) is 3.59. The van der Waals surface area contributed by atoms with Crippen LogP contribution < -0.4 is 10.2 Å². The molecule has 0 aliphatic carbocycles. The molecular weight excluding hydrogens is 395 g/mol. The predicted molar refractivity (Wildman–Crippen MR) is 93.5 cm³/mol. The molecule has 0 saturated heterocycles. The Balaban J connectivity index is 2.09. The Labute approximate surface area is 142 Å². The lowest BCUT2D eigenvalue weighted by molar-refractivity contribution is 0.0955. The summed E-state index contributed by atoms with van der Waals surface area (Å²) in [5.41, 5.74) is 3.72. The monoisotopic (exact) mass is 410 g/mol. The summed E-state index contributed by atoms with van der Waals surface area (Å²) in [4.78, 5) is 11.8. The number of benzene rings is 2. The highest BCUT2D eigenvalue weighted by Crippen LogP contribution is 2.32. The standard InChI is InChI=1S/C16H15IN2O3/c1-2-22-14-9-11(8-13(17)15(14)20)10-18-19-16(21)12-6-4-3-5-7-12/h3-10,20H,2H2,1H3,(H,19,21). The van der Waals surface area contributed by atoms with Crippen LogP contribution in [0.1, 0.15) is 22.8 Å². The molecule has 2 N–H and O–H groups in total. The molecule has 2 rings (SSSR count). The van der Waals surface area contributed by atoms with E-state index in [1.807, 2.05) is 35.6 Å². The number of nitrogens with one attached hydrogen (secondary N) is 1. The zero-order chi connectivity index (χ0) is 15.9. The number of hydrogen-bond acceptors (Lipinski definition) is 4. The number of carbonyl (C=O) groups excluding carboxylic acids is 1. The smallest absolute Gasteiger partial charge is 0.271 e. The Morgan fingerprint density at radius 1 is 1.36 bits per heavy atom. The zero-order valence-electron chi connectivity index (χ0n) is 11.9. The summed E-state index contributed by atoms with van der Waals surface area (Å²) in [6.45, 7) is 2.29. The first-order valence-electron chi connectivity index (χ1n) is 6.65. The molecule has 6 heteroatoms. The molecule has 0 unspecified atom stereocenters. The summed E-state index contributed by atoms with van der Waals surface area (Å²) in [5, 5.41) is 13.8. The summed E-state index contributed by atoms with van der Waals surface area (Å²) in [7, 11) is 0. The third-order valence-electron chi connectivity index (χ3n) is 2.77. The van der Waals surface area contributed by atoms with E-state index in [4.69, 9.17) is 4.74 Å². The molecule has 0 aromatic heterocycles. The molecule has 0 fully saturated rings. The van der Waals surface area contributed by atoms with Crippen molar-refractivity contribution in [1.82, 2.24) is 5.43 Å². The maximum Gasteiger partial charge on any atom is 0.271 e. The molecule has 0 aliphatic heterocycles. The second-order valence-electron chi connectivity index (χ2n) is 4.35. The maximum absolute atomic E-state index is 11.8. The molecule has 0 aliphatic rings. The fraction of sp³-hybridized carbons (Fsp3) is 0.125. The van der Waals surface area contributed by atoms with Crippen molar-refractivity contribution in [3.63, 3.8) is 0 Å². The van der Waals surface area contributed by atoms with Gasteiger partial charge >= 0.3 is 0 Å². The number of nitrogens with zero attached hydrogens (tertiary/aromatic N) is 1. The highest BCUT2D eigenvalue weighted by Gasteiger charge is 2.08. The van der Waals surface area contributed by atoms with Crippen LogP contribution in [0.15, 0.2) is 47.6 Å². The normalized spacial score (nSPS) is 10.6. The van der Waals surface area contributed by atoms with E-state index in [1.54, 1.807) is 36.4 Å². The average molecular weight is 410 g/mol. The molecule has 0 saturated carbocycles. The summed E-state index contributed by atoms with van der Waals surface area (Å²) in [6, 6.07) is 12.2.